The summed E-state index contributed by atoms with van der Waals surface area (Å²) in [5.41, 5.74) is 1.18. The van der Waals surface area contributed by atoms with Crippen LogP contribution >= 0.6 is 0 Å². The van der Waals surface area contributed by atoms with Crippen LogP contribution in [0.4, 0.5) is 0 Å². The molecule has 1 fully saturated rings. The van der Waals surface area contributed by atoms with Crippen molar-refractivity contribution in [1.29, 1.82) is 0 Å². The number of aliphatic hydroxyl groups is 1. The molecule has 2 aromatic rings. The molecule has 0 amide bonds. The summed E-state index contributed by atoms with van der Waals surface area (Å²) in [7, 11) is 0. The summed E-state index contributed by atoms with van der Waals surface area (Å²) in [4.78, 5) is 2.35. The summed E-state index contributed by atoms with van der Waals surface area (Å²) in [6.45, 7) is 5.33. The lowest BCUT2D eigenvalue weighted by molar-refractivity contribution is 0.00213. The van der Waals surface area contributed by atoms with Crippen LogP contribution in [0.5, 0.6) is 0 Å². The van der Waals surface area contributed by atoms with E-state index in [2.05, 4.69) is 23.1 Å². The van der Waals surface area contributed by atoms with Gasteiger partial charge in [-0.2, -0.15) is 5.10 Å². The Bertz CT molecular complexity index is 582. The molecule has 3 rings (SSSR count). The number of furan rings is 1. The van der Waals surface area contributed by atoms with Gasteiger partial charge in [0.25, 0.3) is 0 Å². The fourth-order valence-corrected chi connectivity index (χ4v) is 3.14. The van der Waals surface area contributed by atoms with Crippen molar-refractivity contribution in [1.82, 2.24) is 14.7 Å². The zero-order valence-corrected chi connectivity index (χ0v) is 13.6. The van der Waals surface area contributed by atoms with Crippen molar-refractivity contribution in [2.24, 2.45) is 0 Å². The first kappa shape index (κ1) is 16.2. The highest BCUT2D eigenvalue weighted by atomic mass is 16.5. The van der Waals surface area contributed by atoms with Crippen LogP contribution in [-0.4, -0.2) is 51.6 Å². The van der Waals surface area contributed by atoms with Gasteiger partial charge in [0.15, 0.2) is 0 Å². The lowest BCUT2D eigenvalue weighted by Gasteiger charge is -2.26. The van der Waals surface area contributed by atoms with Crippen LogP contribution in [0.25, 0.3) is 0 Å². The summed E-state index contributed by atoms with van der Waals surface area (Å²) in [6.07, 6.45) is 7.42. The van der Waals surface area contributed by atoms with Crippen LogP contribution < -0.4 is 0 Å². The van der Waals surface area contributed by atoms with Crippen LogP contribution in [0.15, 0.2) is 35.2 Å². The quantitative estimate of drug-likeness (QED) is 0.804. The molecule has 3 heterocycles. The van der Waals surface area contributed by atoms with Crippen LogP contribution in [0, 0.1) is 6.92 Å². The monoisotopic (exact) mass is 319 g/mol. The maximum absolute atomic E-state index is 10.2. The Morgan fingerprint density at radius 3 is 3.17 bits per heavy atom. The van der Waals surface area contributed by atoms with Crippen molar-refractivity contribution in [3.63, 3.8) is 0 Å². The van der Waals surface area contributed by atoms with Gasteiger partial charge in [-0.05, 0) is 44.0 Å². The minimum absolute atomic E-state index is 0.324. The summed E-state index contributed by atoms with van der Waals surface area (Å²) < 4.78 is 12.7. The first-order valence-corrected chi connectivity index (χ1v) is 8.22. The Hall–Kier alpha value is -1.63. The first-order valence-electron chi connectivity index (χ1n) is 8.22. The Kier molecular flexibility index (Phi) is 5.48. The Morgan fingerprint density at radius 2 is 2.43 bits per heavy atom. The third-order valence-electron chi connectivity index (χ3n) is 4.24. The van der Waals surface area contributed by atoms with Crippen molar-refractivity contribution >= 4 is 0 Å². The summed E-state index contributed by atoms with van der Waals surface area (Å²) in [5.74, 6) is 0.783. The van der Waals surface area contributed by atoms with E-state index in [0.29, 0.717) is 25.8 Å². The Morgan fingerprint density at radius 1 is 1.52 bits per heavy atom. The normalized spacial score (nSPS) is 20.2. The van der Waals surface area contributed by atoms with Gasteiger partial charge in [-0.1, -0.05) is 0 Å². The first-order chi connectivity index (χ1) is 11.2. The van der Waals surface area contributed by atoms with Crippen LogP contribution in [0.1, 0.15) is 24.2 Å². The van der Waals surface area contributed by atoms with Crippen LogP contribution in [0.3, 0.4) is 0 Å². The molecule has 1 N–H and O–H groups in total. The lowest BCUT2D eigenvalue weighted by atomic mass is 10.2. The molecule has 2 unspecified atom stereocenters. The number of aliphatic hydroxyl groups excluding tert-OH is 1. The molecule has 1 aliphatic heterocycles. The highest BCUT2D eigenvalue weighted by Crippen LogP contribution is 2.19. The average Bonchev–Trinajstić information content (AvgIpc) is 3.24. The van der Waals surface area contributed by atoms with Crippen molar-refractivity contribution in [3.8, 4) is 0 Å². The van der Waals surface area contributed by atoms with Gasteiger partial charge in [-0.3, -0.25) is 9.58 Å². The van der Waals surface area contributed by atoms with Gasteiger partial charge in [0, 0.05) is 18.8 Å². The maximum atomic E-state index is 10.2. The van der Waals surface area contributed by atoms with E-state index in [1.54, 1.807) is 6.26 Å². The molecule has 23 heavy (non-hydrogen) atoms. The molecule has 1 saturated heterocycles. The number of nitrogens with zero attached hydrogens (tertiary/aromatic N) is 3. The molecule has 6 nitrogen and oxygen atoms in total. The van der Waals surface area contributed by atoms with Gasteiger partial charge >= 0.3 is 0 Å². The number of aryl methyl sites for hydroxylation is 1. The molecular weight excluding hydrogens is 294 g/mol. The van der Waals surface area contributed by atoms with Crippen molar-refractivity contribution in [3.05, 3.63) is 42.1 Å². The van der Waals surface area contributed by atoms with Gasteiger partial charge in [0.1, 0.15) is 12.4 Å². The molecule has 0 aliphatic carbocycles. The average molecular weight is 319 g/mol. The predicted octanol–water partition coefficient (Wildman–Crippen LogP) is 1.83. The second kappa shape index (κ2) is 7.77. The van der Waals surface area contributed by atoms with E-state index in [-0.39, 0.29) is 0 Å². The lowest BCUT2D eigenvalue weighted by Crippen LogP contribution is -2.40. The molecule has 0 radical (unpaired) electrons. The highest BCUT2D eigenvalue weighted by molar-refractivity contribution is 5.00. The molecule has 1 aliphatic rings. The van der Waals surface area contributed by atoms with Crippen LogP contribution in [0.2, 0.25) is 0 Å². The zero-order chi connectivity index (χ0) is 16.1. The Labute approximate surface area is 136 Å². The van der Waals surface area contributed by atoms with E-state index in [1.165, 1.54) is 12.0 Å². The number of likely N-dealkylation sites (tertiary alicyclic amines) is 1. The minimum atomic E-state index is -0.482. The second-order valence-electron chi connectivity index (χ2n) is 6.28. The van der Waals surface area contributed by atoms with Gasteiger partial charge in [-0.25, -0.2) is 0 Å². The Balaban J connectivity index is 1.42. The van der Waals surface area contributed by atoms with Gasteiger partial charge < -0.3 is 14.3 Å². The van der Waals surface area contributed by atoms with Crippen molar-refractivity contribution in [2.75, 3.05) is 19.7 Å². The van der Waals surface area contributed by atoms with Gasteiger partial charge in [0.2, 0.25) is 0 Å². The maximum Gasteiger partial charge on any atom is 0.129 e. The van der Waals surface area contributed by atoms with E-state index < -0.39 is 6.10 Å². The van der Waals surface area contributed by atoms with Crippen molar-refractivity contribution in [2.45, 2.75) is 45.1 Å². The number of hydrogen-bond donors (Lipinski definition) is 1. The molecule has 0 spiro atoms. The SMILES string of the molecule is Cc1cnn(CC2CCCN2CC(O)COCc2ccco2)c1. The topological polar surface area (TPSA) is 63.7 Å². The second-order valence-corrected chi connectivity index (χ2v) is 6.28. The van der Waals surface area contributed by atoms with Crippen LogP contribution in [-0.2, 0) is 17.9 Å². The number of rotatable bonds is 8. The number of hydrogen-bond acceptors (Lipinski definition) is 5. The van der Waals surface area contributed by atoms with E-state index in [9.17, 15) is 5.11 Å². The summed E-state index contributed by atoms with van der Waals surface area (Å²) in [5, 5.41) is 14.6. The fraction of sp³-hybridized carbons (Fsp3) is 0.588. The third-order valence-corrected chi connectivity index (χ3v) is 4.24. The smallest absolute Gasteiger partial charge is 0.129 e. The summed E-state index contributed by atoms with van der Waals surface area (Å²) in [6, 6.07) is 4.14. The molecule has 0 saturated carbocycles. The van der Waals surface area contributed by atoms with E-state index >= 15 is 0 Å². The highest BCUT2D eigenvalue weighted by Gasteiger charge is 2.26. The van der Waals surface area contributed by atoms with E-state index in [1.807, 2.05) is 23.0 Å². The number of aromatic nitrogens is 2. The fourth-order valence-electron chi connectivity index (χ4n) is 3.14. The molecule has 2 atom stereocenters. The van der Waals surface area contributed by atoms with Gasteiger partial charge in [0.05, 0.1) is 31.7 Å². The number of ether oxygens (including phenoxy) is 1. The third kappa shape index (κ3) is 4.67. The molecule has 0 bridgehead atoms. The minimum Gasteiger partial charge on any atom is -0.467 e. The zero-order valence-electron chi connectivity index (χ0n) is 13.6. The number of β-amino-alcohol motifs (C(OH)–C–C–N with tert-alkyl or cyclic N) is 1. The molecule has 0 aromatic carbocycles. The molecule has 126 valence electrons. The van der Waals surface area contributed by atoms with Crippen molar-refractivity contribution < 1.29 is 14.3 Å². The largest absolute Gasteiger partial charge is 0.467 e. The molecule has 6 heteroatoms. The van der Waals surface area contributed by atoms with E-state index in [0.717, 1.165) is 25.3 Å². The molecule has 2 aromatic heterocycles. The molecular formula is C17H25N3O3. The van der Waals surface area contributed by atoms with Gasteiger partial charge in [-0.15, -0.1) is 0 Å². The predicted molar refractivity (Wildman–Crippen MR) is 85.9 cm³/mol. The summed E-state index contributed by atoms with van der Waals surface area (Å²) >= 11 is 0. The standard InChI is InChI=1S/C17H25N3O3/c1-14-8-18-20(9-14)10-15-4-2-6-19(15)11-16(21)12-22-13-17-5-3-7-23-17/h3,5,7-9,15-16,21H,2,4,6,10-13H2,1H3. The van der Waals surface area contributed by atoms with E-state index in [4.69, 9.17) is 9.15 Å².